The quantitative estimate of drug-likeness (QED) is 0.477. The van der Waals surface area contributed by atoms with Gasteiger partial charge in [0.25, 0.3) is 0 Å². The number of fused-ring (bicyclic) bond motifs is 1. The molecule has 25 heavy (non-hydrogen) atoms. The number of esters is 2. The standard InChI is InChI=1S/C21H20O4/c1-14(2)19(22)24-17-10-8-16(9-11-17)20(23)25-21(3)13-12-15-6-4-5-7-18(15)21/h4-11H,1,12-13H2,2-3H3. The molecule has 0 spiro atoms. The second-order valence-corrected chi connectivity index (χ2v) is 6.47. The van der Waals surface area contributed by atoms with Crippen LogP contribution in [0.3, 0.4) is 0 Å². The van der Waals surface area contributed by atoms with Crippen LogP contribution in [0.5, 0.6) is 5.75 Å². The number of hydrogen-bond donors (Lipinski definition) is 0. The van der Waals surface area contributed by atoms with E-state index in [1.165, 1.54) is 5.56 Å². The van der Waals surface area contributed by atoms with Crippen LogP contribution in [0.2, 0.25) is 0 Å². The Morgan fingerprint density at radius 2 is 1.76 bits per heavy atom. The molecule has 0 bridgehead atoms. The third-order valence-electron chi connectivity index (χ3n) is 4.43. The van der Waals surface area contributed by atoms with Gasteiger partial charge in [0.15, 0.2) is 0 Å². The van der Waals surface area contributed by atoms with Crippen molar-refractivity contribution < 1.29 is 19.1 Å². The summed E-state index contributed by atoms with van der Waals surface area (Å²) in [5, 5.41) is 0. The van der Waals surface area contributed by atoms with Gasteiger partial charge < -0.3 is 9.47 Å². The summed E-state index contributed by atoms with van der Waals surface area (Å²) in [6, 6.07) is 14.4. The highest BCUT2D eigenvalue weighted by Gasteiger charge is 2.37. The second kappa shape index (κ2) is 6.55. The Balaban J connectivity index is 1.72. The van der Waals surface area contributed by atoms with Crippen molar-refractivity contribution in [3.8, 4) is 5.75 Å². The molecule has 0 saturated heterocycles. The van der Waals surface area contributed by atoms with Gasteiger partial charge in [0.05, 0.1) is 5.56 Å². The van der Waals surface area contributed by atoms with Crippen LogP contribution >= 0.6 is 0 Å². The Labute approximate surface area is 147 Å². The number of ether oxygens (including phenoxy) is 2. The van der Waals surface area contributed by atoms with Gasteiger partial charge in [0.1, 0.15) is 11.4 Å². The fourth-order valence-electron chi connectivity index (χ4n) is 2.98. The van der Waals surface area contributed by atoms with E-state index in [1.807, 2.05) is 25.1 Å². The van der Waals surface area contributed by atoms with E-state index in [2.05, 4.69) is 12.6 Å². The largest absolute Gasteiger partial charge is 0.451 e. The summed E-state index contributed by atoms with van der Waals surface area (Å²) in [4.78, 5) is 24.0. The van der Waals surface area contributed by atoms with Gasteiger partial charge in [-0.25, -0.2) is 9.59 Å². The normalized spacial score (nSPS) is 18.3. The molecule has 0 heterocycles. The number of aryl methyl sites for hydroxylation is 1. The minimum Gasteiger partial charge on any atom is -0.451 e. The molecule has 0 aliphatic heterocycles. The predicted octanol–water partition coefficient (Wildman–Crippen LogP) is 4.19. The number of hydrogen-bond acceptors (Lipinski definition) is 4. The number of carbonyl (C=O) groups excluding carboxylic acids is 2. The van der Waals surface area contributed by atoms with E-state index in [0.717, 1.165) is 18.4 Å². The first-order valence-electron chi connectivity index (χ1n) is 8.18. The molecule has 0 aromatic heterocycles. The lowest BCUT2D eigenvalue weighted by atomic mass is 9.98. The Morgan fingerprint density at radius 1 is 1.08 bits per heavy atom. The number of benzene rings is 2. The molecule has 0 fully saturated rings. The van der Waals surface area contributed by atoms with Gasteiger partial charge in [-0.3, -0.25) is 0 Å². The van der Waals surface area contributed by atoms with Crippen LogP contribution in [0, 0.1) is 0 Å². The van der Waals surface area contributed by atoms with Crippen LogP contribution in [0.15, 0.2) is 60.7 Å². The third-order valence-corrected chi connectivity index (χ3v) is 4.43. The zero-order valence-corrected chi connectivity index (χ0v) is 14.4. The fraction of sp³-hybridized carbons (Fsp3) is 0.238. The van der Waals surface area contributed by atoms with Crippen LogP contribution in [0.1, 0.15) is 41.8 Å². The molecule has 4 heteroatoms. The molecule has 3 rings (SSSR count). The molecule has 1 aliphatic carbocycles. The molecule has 0 amide bonds. The second-order valence-electron chi connectivity index (χ2n) is 6.47. The minimum atomic E-state index is -0.612. The highest BCUT2D eigenvalue weighted by Crippen LogP contribution is 2.40. The molecule has 4 nitrogen and oxygen atoms in total. The average Bonchev–Trinajstić information content (AvgIpc) is 2.92. The van der Waals surface area contributed by atoms with Gasteiger partial charge in [-0.1, -0.05) is 30.8 Å². The lowest BCUT2D eigenvalue weighted by Crippen LogP contribution is -2.26. The number of rotatable bonds is 4. The van der Waals surface area contributed by atoms with Gasteiger partial charge in [-0.2, -0.15) is 0 Å². The predicted molar refractivity (Wildman–Crippen MR) is 94.4 cm³/mol. The van der Waals surface area contributed by atoms with Crippen LogP contribution in [0.25, 0.3) is 0 Å². The van der Waals surface area contributed by atoms with E-state index >= 15 is 0 Å². The van der Waals surface area contributed by atoms with Crippen molar-refractivity contribution >= 4 is 11.9 Å². The van der Waals surface area contributed by atoms with Gasteiger partial charge >= 0.3 is 11.9 Å². The van der Waals surface area contributed by atoms with E-state index in [9.17, 15) is 9.59 Å². The maximum Gasteiger partial charge on any atom is 0.339 e. The first-order chi connectivity index (χ1) is 11.9. The van der Waals surface area contributed by atoms with E-state index in [1.54, 1.807) is 31.2 Å². The van der Waals surface area contributed by atoms with Crippen molar-refractivity contribution in [2.45, 2.75) is 32.3 Å². The summed E-state index contributed by atoms with van der Waals surface area (Å²) >= 11 is 0. The van der Waals surface area contributed by atoms with E-state index in [4.69, 9.17) is 9.47 Å². The summed E-state index contributed by atoms with van der Waals surface area (Å²) in [5.74, 6) is -0.524. The molecule has 2 aromatic carbocycles. The third kappa shape index (κ3) is 3.48. The molecule has 0 saturated carbocycles. The van der Waals surface area contributed by atoms with Crippen LogP contribution < -0.4 is 4.74 Å². The van der Waals surface area contributed by atoms with E-state index < -0.39 is 17.5 Å². The fourth-order valence-corrected chi connectivity index (χ4v) is 2.98. The lowest BCUT2D eigenvalue weighted by Gasteiger charge is -2.26. The molecule has 1 aliphatic rings. The summed E-state index contributed by atoms with van der Waals surface area (Å²) in [6.45, 7) is 7.05. The first-order valence-corrected chi connectivity index (χ1v) is 8.18. The maximum absolute atomic E-state index is 12.5. The van der Waals surface area contributed by atoms with Crippen LogP contribution in [-0.4, -0.2) is 11.9 Å². The zero-order valence-electron chi connectivity index (χ0n) is 14.4. The summed E-state index contributed by atoms with van der Waals surface area (Å²) in [7, 11) is 0. The highest BCUT2D eigenvalue weighted by atomic mass is 16.6. The molecule has 0 N–H and O–H groups in total. The lowest BCUT2D eigenvalue weighted by molar-refractivity contribution is -0.130. The minimum absolute atomic E-state index is 0.316. The van der Waals surface area contributed by atoms with Gasteiger partial charge in [-0.15, -0.1) is 0 Å². The van der Waals surface area contributed by atoms with Crippen LogP contribution in [-0.2, 0) is 21.6 Å². The summed E-state index contributed by atoms with van der Waals surface area (Å²) in [5.41, 5.74) is 2.41. The molecule has 1 unspecified atom stereocenters. The molecular weight excluding hydrogens is 316 g/mol. The highest BCUT2D eigenvalue weighted by molar-refractivity contribution is 5.91. The molecule has 128 valence electrons. The Morgan fingerprint density at radius 3 is 2.44 bits per heavy atom. The maximum atomic E-state index is 12.5. The van der Waals surface area contributed by atoms with Crippen molar-refractivity contribution in [1.82, 2.24) is 0 Å². The smallest absolute Gasteiger partial charge is 0.339 e. The van der Waals surface area contributed by atoms with Gasteiger partial charge in [-0.05, 0) is 62.1 Å². The van der Waals surface area contributed by atoms with E-state index in [0.29, 0.717) is 16.9 Å². The van der Waals surface area contributed by atoms with Crippen molar-refractivity contribution in [2.24, 2.45) is 0 Å². The van der Waals surface area contributed by atoms with Crippen molar-refractivity contribution in [1.29, 1.82) is 0 Å². The summed E-state index contributed by atoms with van der Waals surface area (Å²) in [6.07, 6.45) is 1.67. The van der Waals surface area contributed by atoms with Gasteiger partial charge in [0, 0.05) is 5.57 Å². The van der Waals surface area contributed by atoms with Crippen molar-refractivity contribution in [3.05, 3.63) is 77.4 Å². The topological polar surface area (TPSA) is 52.6 Å². The molecule has 2 aromatic rings. The molecule has 0 radical (unpaired) electrons. The molecule has 1 atom stereocenters. The molecular formula is C21H20O4. The number of carbonyl (C=O) groups is 2. The Kier molecular flexibility index (Phi) is 4.45. The van der Waals surface area contributed by atoms with Crippen molar-refractivity contribution in [3.63, 3.8) is 0 Å². The summed E-state index contributed by atoms with van der Waals surface area (Å²) < 4.78 is 10.9. The van der Waals surface area contributed by atoms with Crippen LogP contribution in [0.4, 0.5) is 0 Å². The Bertz CT molecular complexity index is 835. The monoisotopic (exact) mass is 336 g/mol. The average molecular weight is 336 g/mol. The Hall–Kier alpha value is -2.88. The van der Waals surface area contributed by atoms with E-state index in [-0.39, 0.29) is 0 Å². The first kappa shape index (κ1) is 17.0. The van der Waals surface area contributed by atoms with Gasteiger partial charge in [0.2, 0.25) is 0 Å². The van der Waals surface area contributed by atoms with Crippen molar-refractivity contribution in [2.75, 3.05) is 0 Å². The zero-order chi connectivity index (χ0) is 18.0. The SMILES string of the molecule is C=C(C)C(=O)Oc1ccc(C(=O)OC2(C)CCc3ccccc32)cc1.